The molecule has 2 fully saturated rings. The second-order valence-corrected chi connectivity index (χ2v) is 8.47. The van der Waals surface area contributed by atoms with Crippen LogP contribution in [0.3, 0.4) is 0 Å². The topological polar surface area (TPSA) is 32.8 Å². The number of benzene rings is 2. The summed E-state index contributed by atoms with van der Waals surface area (Å²) in [6, 6.07) is 14.5. The summed E-state index contributed by atoms with van der Waals surface area (Å²) in [7, 11) is 1.46. The first-order valence-corrected chi connectivity index (χ1v) is 10.4. The first-order valence-electron chi connectivity index (χ1n) is 9.63. The predicted octanol–water partition coefficient (Wildman–Crippen LogP) is 4.59. The zero-order chi connectivity index (χ0) is 19.7. The molecule has 0 radical (unpaired) electrons. The maximum absolute atomic E-state index is 11.7. The van der Waals surface area contributed by atoms with E-state index < -0.39 is 0 Å². The average molecular weight is 419 g/mol. The molecule has 0 N–H and O–H groups in total. The van der Waals surface area contributed by atoms with Crippen molar-refractivity contribution in [2.24, 2.45) is 5.92 Å². The van der Waals surface area contributed by atoms with Crippen molar-refractivity contribution >= 4 is 34.9 Å². The number of carbonyl (C=O) groups is 1. The lowest BCUT2D eigenvalue weighted by Gasteiger charge is -2.42. The van der Waals surface area contributed by atoms with Gasteiger partial charge < -0.3 is 9.64 Å². The second-order valence-electron chi connectivity index (χ2n) is 7.66. The number of ether oxygens (including phenoxy) is 1. The van der Waals surface area contributed by atoms with E-state index in [9.17, 15) is 4.79 Å². The van der Waals surface area contributed by atoms with Crippen LogP contribution in [0, 0.1) is 5.92 Å². The molecular formula is C22H24Cl2N2O2. The number of nitrogens with zero attached hydrogens (tertiary/aromatic N) is 2. The third-order valence-electron chi connectivity index (χ3n) is 5.80. The van der Waals surface area contributed by atoms with Gasteiger partial charge in [-0.2, -0.15) is 0 Å². The fourth-order valence-electron chi connectivity index (χ4n) is 4.15. The van der Waals surface area contributed by atoms with Crippen molar-refractivity contribution in [2.75, 3.05) is 38.2 Å². The summed E-state index contributed by atoms with van der Waals surface area (Å²) in [5.41, 5.74) is 3.56. The highest BCUT2D eigenvalue weighted by atomic mass is 35.5. The molecule has 2 aliphatic heterocycles. The number of carbonyl (C=O) groups excluding carboxylic acids is 1. The first kappa shape index (κ1) is 19.6. The minimum absolute atomic E-state index is 0.0156. The smallest absolute Gasteiger partial charge is 0.310 e. The lowest BCUT2D eigenvalue weighted by molar-refractivity contribution is -0.144. The van der Waals surface area contributed by atoms with Crippen LogP contribution < -0.4 is 4.90 Å². The molecule has 0 aliphatic carbocycles. The highest BCUT2D eigenvalue weighted by molar-refractivity contribution is 6.39. The Morgan fingerprint density at radius 3 is 2.39 bits per heavy atom. The van der Waals surface area contributed by atoms with Crippen molar-refractivity contribution in [1.29, 1.82) is 0 Å². The Bertz CT molecular complexity index is 830. The van der Waals surface area contributed by atoms with Gasteiger partial charge in [-0.3, -0.25) is 9.69 Å². The van der Waals surface area contributed by atoms with Gasteiger partial charge in [0.15, 0.2) is 0 Å². The molecule has 6 heteroatoms. The van der Waals surface area contributed by atoms with E-state index in [1.807, 2.05) is 18.2 Å². The standard InChI is InChI=1S/C22H24Cl2N2O2/c1-28-22(27)17-9-10-25(12-17)11-15-5-7-16(8-6-15)18-13-26(14-18)21-19(23)3-2-4-20(21)24/h2-8,17-18H,9-14H2,1H3/t17-/m1/s1. The Labute approximate surface area is 176 Å². The summed E-state index contributed by atoms with van der Waals surface area (Å²) in [5.74, 6) is 0.421. The number of hydrogen-bond acceptors (Lipinski definition) is 4. The summed E-state index contributed by atoms with van der Waals surface area (Å²) < 4.78 is 4.86. The molecule has 148 valence electrons. The van der Waals surface area contributed by atoms with Gasteiger partial charge in [-0.15, -0.1) is 0 Å². The van der Waals surface area contributed by atoms with Crippen LogP contribution in [0.4, 0.5) is 5.69 Å². The number of anilines is 1. The van der Waals surface area contributed by atoms with Gasteiger partial charge in [0, 0.05) is 32.1 Å². The van der Waals surface area contributed by atoms with Gasteiger partial charge >= 0.3 is 5.97 Å². The third kappa shape index (κ3) is 4.00. The molecule has 2 aromatic carbocycles. The van der Waals surface area contributed by atoms with E-state index in [-0.39, 0.29) is 11.9 Å². The average Bonchev–Trinajstić information content (AvgIpc) is 3.12. The van der Waals surface area contributed by atoms with Gasteiger partial charge in [-0.25, -0.2) is 0 Å². The van der Waals surface area contributed by atoms with Crippen molar-refractivity contribution in [3.8, 4) is 0 Å². The largest absolute Gasteiger partial charge is 0.469 e. The number of halogens is 2. The van der Waals surface area contributed by atoms with Crippen LogP contribution in [-0.2, 0) is 16.1 Å². The Hall–Kier alpha value is -1.75. The fraction of sp³-hybridized carbons (Fsp3) is 0.409. The third-order valence-corrected chi connectivity index (χ3v) is 6.41. The SMILES string of the molecule is COC(=O)[C@@H]1CCN(Cc2ccc(C3CN(c4c(Cl)cccc4Cl)C3)cc2)C1. The maximum Gasteiger partial charge on any atom is 0.310 e. The zero-order valence-electron chi connectivity index (χ0n) is 15.9. The van der Waals surface area contributed by atoms with E-state index in [0.29, 0.717) is 16.0 Å². The molecule has 4 nitrogen and oxygen atoms in total. The Morgan fingerprint density at radius 1 is 1.07 bits per heavy atom. The van der Waals surface area contributed by atoms with Gasteiger partial charge in [-0.05, 0) is 36.2 Å². The van der Waals surface area contributed by atoms with Crippen molar-refractivity contribution in [1.82, 2.24) is 4.90 Å². The number of likely N-dealkylation sites (tertiary alicyclic amines) is 1. The van der Waals surface area contributed by atoms with Gasteiger partial charge in [-0.1, -0.05) is 53.5 Å². The van der Waals surface area contributed by atoms with E-state index >= 15 is 0 Å². The summed E-state index contributed by atoms with van der Waals surface area (Å²) in [5, 5.41) is 1.41. The van der Waals surface area contributed by atoms with E-state index in [2.05, 4.69) is 34.1 Å². The molecular weight excluding hydrogens is 395 g/mol. The van der Waals surface area contributed by atoms with Crippen LogP contribution in [-0.4, -0.2) is 44.2 Å². The minimum atomic E-state index is -0.0917. The lowest BCUT2D eigenvalue weighted by Crippen LogP contribution is -2.45. The number of hydrogen-bond donors (Lipinski definition) is 0. The summed E-state index contributed by atoms with van der Waals surface area (Å²) in [4.78, 5) is 16.2. The Morgan fingerprint density at radius 2 is 1.75 bits per heavy atom. The van der Waals surface area contributed by atoms with Crippen LogP contribution in [0.25, 0.3) is 0 Å². The summed E-state index contributed by atoms with van der Waals surface area (Å²) in [6.45, 7) is 4.45. The highest BCUT2D eigenvalue weighted by Crippen LogP contribution is 2.40. The van der Waals surface area contributed by atoms with Crippen LogP contribution in [0.5, 0.6) is 0 Å². The van der Waals surface area contributed by atoms with E-state index in [0.717, 1.165) is 44.8 Å². The van der Waals surface area contributed by atoms with E-state index in [1.54, 1.807) is 0 Å². The molecule has 2 saturated heterocycles. The monoisotopic (exact) mass is 418 g/mol. The molecule has 2 aliphatic rings. The maximum atomic E-state index is 11.7. The highest BCUT2D eigenvalue weighted by Gasteiger charge is 2.31. The van der Waals surface area contributed by atoms with Gasteiger partial charge in [0.1, 0.15) is 0 Å². The predicted molar refractivity (Wildman–Crippen MR) is 113 cm³/mol. The van der Waals surface area contributed by atoms with Crippen LogP contribution in [0.1, 0.15) is 23.5 Å². The summed E-state index contributed by atoms with van der Waals surface area (Å²) in [6.07, 6.45) is 0.882. The second kappa shape index (κ2) is 8.32. The molecule has 2 aromatic rings. The number of rotatable bonds is 5. The Kier molecular flexibility index (Phi) is 5.81. The van der Waals surface area contributed by atoms with Crippen molar-refractivity contribution in [2.45, 2.75) is 18.9 Å². The van der Waals surface area contributed by atoms with Crippen LogP contribution in [0.15, 0.2) is 42.5 Å². The number of methoxy groups -OCH3 is 1. The van der Waals surface area contributed by atoms with Gasteiger partial charge in [0.25, 0.3) is 0 Å². The fourth-order valence-corrected chi connectivity index (χ4v) is 4.79. The molecule has 0 spiro atoms. The quantitative estimate of drug-likeness (QED) is 0.664. The van der Waals surface area contributed by atoms with Gasteiger partial charge in [0.05, 0.1) is 28.8 Å². The normalized spacial score (nSPS) is 20.2. The Balaban J connectivity index is 1.32. The van der Waals surface area contributed by atoms with Crippen LogP contribution in [0.2, 0.25) is 10.0 Å². The molecule has 0 unspecified atom stereocenters. The molecule has 0 amide bonds. The lowest BCUT2D eigenvalue weighted by atomic mass is 9.90. The van der Waals surface area contributed by atoms with E-state index in [4.69, 9.17) is 27.9 Å². The van der Waals surface area contributed by atoms with Crippen molar-refractivity contribution in [3.05, 3.63) is 63.6 Å². The molecule has 28 heavy (non-hydrogen) atoms. The number of para-hydroxylation sites is 1. The first-order chi connectivity index (χ1) is 13.5. The number of esters is 1. The van der Waals surface area contributed by atoms with E-state index in [1.165, 1.54) is 18.2 Å². The summed E-state index contributed by atoms with van der Waals surface area (Å²) >= 11 is 12.6. The minimum Gasteiger partial charge on any atom is -0.469 e. The van der Waals surface area contributed by atoms with Crippen molar-refractivity contribution in [3.63, 3.8) is 0 Å². The molecule has 0 aromatic heterocycles. The van der Waals surface area contributed by atoms with Crippen LogP contribution >= 0.6 is 23.2 Å². The molecule has 0 bridgehead atoms. The molecule has 2 heterocycles. The van der Waals surface area contributed by atoms with Crippen molar-refractivity contribution < 1.29 is 9.53 Å². The molecule has 1 atom stereocenters. The van der Waals surface area contributed by atoms with Gasteiger partial charge in [0.2, 0.25) is 0 Å². The molecule has 4 rings (SSSR count). The zero-order valence-corrected chi connectivity index (χ0v) is 17.4. The molecule has 0 saturated carbocycles.